The van der Waals surface area contributed by atoms with E-state index in [0.29, 0.717) is 5.89 Å². The molecule has 0 saturated carbocycles. The molecule has 1 rings (SSSR count). The molecule has 0 fully saturated rings. The lowest BCUT2D eigenvalue weighted by atomic mass is 10.0. The number of likely N-dealkylation sites (N-methyl/N-ethyl adjacent to an activating group) is 1. The minimum Gasteiger partial charge on any atom is -0.337 e. The molecule has 5 nitrogen and oxygen atoms in total. The summed E-state index contributed by atoms with van der Waals surface area (Å²) in [5.74, 6) is 1.28. The topological polar surface area (TPSA) is 68.2 Å². The second kappa shape index (κ2) is 6.12. The summed E-state index contributed by atoms with van der Waals surface area (Å²) in [6.07, 6.45) is 1.59. The van der Waals surface area contributed by atoms with Gasteiger partial charge in [-0.2, -0.15) is 4.98 Å². The highest BCUT2D eigenvalue weighted by atomic mass is 16.5. The molecule has 2 N–H and O–H groups in total. The summed E-state index contributed by atoms with van der Waals surface area (Å²) >= 11 is 0. The molecule has 98 valence electrons. The average molecular weight is 240 g/mol. The molecule has 0 aliphatic carbocycles. The van der Waals surface area contributed by atoms with Gasteiger partial charge < -0.3 is 15.2 Å². The Morgan fingerprint density at radius 2 is 1.94 bits per heavy atom. The standard InChI is InChI=1S/C12H24N4O/c1-5-12(4,13)11-14-10(15-17-11)8-9-16(6-2)7-3/h5-9,13H2,1-4H3. The van der Waals surface area contributed by atoms with Gasteiger partial charge in [0.25, 0.3) is 0 Å². The quantitative estimate of drug-likeness (QED) is 0.783. The highest BCUT2D eigenvalue weighted by Crippen LogP contribution is 2.18. The number of nitrogens with zero attached hydrogens (tertiary/aromatic N) is 3. The first-order valence-corrected chi connectivity index (χ1v) is 6.37. The van der Waals surface area contributed by atoms with Crippen LogP contribution >= 0.6 is 0 Å². The Balaban J connectivity index is 2.57. The van der Waals surface area contributed by atoms with E-state index in [-0.39, 0.29) is 0 Å². The third-order valence-corrected chi connectivity index (χ3v) is 3.24. The zero-order valence-corrected chi connectivity index (χ0v) is 11.4. The molecule has 0 aliphatic heterocycles. The Kier molecular flexibility index (Phi) is 5.08. The van der Waals surface area contributed by atoms with Crippen molar-refractivity contribution in [2.75, 3.05) is 19.6 Å². The number of rotatable bonds is 7. The van der Waals surface area contributed by atoms with Gasteiger partial charge in [-0.3, -0.25) is 0 Å². The van der Waals surface area contributed by atoms with Crippen molar-refractivity contribution in [2.24, 2.45) is 5.73 Å². The van der Waals surface area contributed by atoms with Gasteiger partial charge in [-0.1, -0.05) is 25.9 Å². The molecule has 0 radical (unpaired) electrons. The predicted molar refractivity (Wildman–Crippen MR) is 67.6 cm³/mol. The van der Waals surface area contributed by atoms with Crippen molar-refractivity contribution in [1.29, 1.82) is 0 Å². The largest absolute Gasteiger partial charge is 0.337 e. The molecule has 1 aromatic rings. The summed E-state index contributed by atoms with van der Waals surface area (Å²) in [4.78, 5) is 6.69. The Morgan fingerprint density at radius 1 is 1.29 bits per heavy atom. The first kappa shape index (κ1) is 14.1. The SMILES string of the molecule is CCN(CC)CCc1noc(C(C)(N)CC)n1. The molecule has 0 aliphatic rings. The van der Waals surface area contributed by atoms with Gasteiger partial charge in [0, 0.05) is 13.0 Å². The Morgan fingerprint density at radius 3 is 2.47 bits per heavy atom. The lowest BCUT2D eigenvalue weighted by molar-refractivity contribution is 0.286. The number of nitrogens with two attached hydrogens (primary N) is 1. The van der Waals surface area contributed by atoms with Crippen LogP contribution in [0.4, 0.5) is 0 Å². The molecule has 0 amide bonds. The van der Waals surface area contributed by atoms with E-state index in [2.05, 4.69) is 28.9 Å². The summed E-state index contributed by atoms with van der Waals surface area (Å²) < 4.78 is 5.22. The van der Waals surface area contributed by atoms with Crippen LogP contribution in [0.2, 0.25) is 0 Å². The monoisotopic (exact) mass is 240 g/mol. The summed E-state index contributed by atoms with van der Waals surface area (Å²) in [5, 5.41) is 3.98. The maximum absolute atomic E-state index is 6.05. The van der Waals surface area contributed by atoms with E-state index < -0.39 is 5.54 Å². The van der Waals surface area contributed by atoms with Crippen LogP contribution in [-0.4, -0.2) is 34.7 Å². The molecule has 17 heavy (non-hydrogen) atoms. The van der Waals surface area contributed by atoms with E-state index in [1.54, 1.807) is 0 Å². The van der Waals surface area contributed by atoms with E-state index in [4.69, 9.17) is 10.3 Å². The summed E-state index contributed by atoms with van der Waals surface area (Å²) in [6.45, 7) is 11.3. The van der Waals surface area contributed by atoms with E-state index in [1.807, 2.05) is 13.8 Å². The summed E-state index contributed by atoms with van der Waals surface area (Å²) in [6, 6.07) is 0. The molecule has 5 heteroatoms. The van der Waals surface area contributed by atoms with Gasteiger partial charge in [-0.15, -0.1) is 0 Å². The van der Waals surface area contributed by atoms with Gasteiger partial charge in [0.15, 0.2) is 5.82 Å². The minimum atomic E-state index is -0.513. The van der Waals surface area contributed by atoms with Crippen LogP contribution in [0.5, 0.6) is 0 Å². The lowest BCUT2D eigenvalue weighted by Crippen LogP contribution is -2.32. The van der Waals surface area contributed by atoms with Crippen LogP contribution in [0.25, 0.3) is 0 Å². The van der Waals surface area contributed by atoms with Crippen molar-refractivity contribution in [3.8, 4) is 0 Å². The van der Waals surface area contributed by atoms with Crippen molar-refractivity contribution < 1.29 is 4.52 Å². The Hall–Kier alpha value is -0.940. The highest BCUT2D eigenvalue weighted by Gasteiger charge is 2.25. The average Bonchev–Trinajstić information content (AvgIpc) is 2.80. The number of hydrogen-bond donors (Lipinski definition) is 1. The van der Waals surface area contributed by atoms with Crippen molar-refractivity contribution in [2.45, 2.75) is 46.1 Å². The van der Waals surface area contributed by atoms with E-state index in [1.165, 1.54) is 0 Å². The molecular weight excluding hydrogens is 216 g/mol. The second-order valence-electron chi connectivity index (χ2n) is 4.56. The maximum atomic E-state index is 6.05. The Bertz CT molecular complexity index is 331. The normalized spacial score (nSPS) is 15.2. The molecular formula is C12H24N4O. The van der Waals surface area contributed by atoms with Crippen molar-refractivity contribution in [3.63, 3.8) is 0 Å². The molecule has 0 spiro atoms. The fourth-order valence-electron chi connectivity index (χ4n) is 1.54. The fraction of sp³-hybridized carbons (Fsp3) is 0.833. The molecule has 0 saturated heterocycles. The second-order valence-corrected chi connectivity index (χ2v) is 4.56. The molecule has 0 aromatic carbocycles. The predicted octanol–water partition coefficient (Wildman–Crippen LogP) is 1.54. The Labute approximate surface area is 103 Å². The molecule has 1 heterocycles. The van der Waals surface area contributed by atoms with Crippen molar-refractivity contribution in [3.05, 3.63) is 11.7 Å². The van der Waals surface area contributed by atoms with Crippen LogP contribution in [0, 0.1) is 0 Å². The van der Waals surface area contributed by atoms with Gasteiger partial charge in [-0.25, -0.2) is 0 Å². The highest BCUT2D eigenvalue weighted by molar-refractivity contribution is 4.99. The van der Waals surface area contributed by atoms with E-state index >= 15 is 0 Å². The van der Waals surface area contributed by atoms with Crippen molar-refractivity contribution in [1.82, 2.24) is 15.0 Å². The van der Waals surface area contributed by atoms with Gasteiger partial charge in [0.1, 0.15) is 0 Å². The fourth-order valence-corrected chi connectivity index (χ4v) is 1.54. The van der Waals surface area contributed by atoms with Crippen LogP contribution in [0.1, 0.15) is 45.8 Å². The smallest absolute Gasteiger partial charge is 0.246 e. The first-order chi connectivity index (χ1) is 8.03. The minimum absolute atomic E-state index is 0.513. The third kappa shape index (κ3) is 3.78. The van der Waals surface area contributed by atoms with Crippen LogP contribution in [0.15, 0.2) is 4.52 Å². The van der Waals surface area contributed by atoms with Gasteiger partial charge in [0.05, 0.1) is 5.54 Å². The zero-order chi connectivity index (χ0) is 12.9. The number of hydrogen-bond acceptors (Lipinski definition) is 5. The van der Waals surface area contributed by atoms with Crippen LogP contribution in [-0.2, 0) is 12.0 Å². The van der Waals surface area contributed by atoms with Crippen molar-refractivity contribution >= 4 is 0 Å². The van der Waals surface area contributed by atoms with E-state index in [0.717, 1.165) is 38.3 Å². The van der Waals surface area contributed by atoms with Crippen LogP contribution < -0.4 is 5.73 Å². The molecule has 1 aromatic heterocycles. The molecule has 1 unspecified atom stereocenters. The summed E-state index contributed by atoms with van der Waals surface area (Å²) in [7, 11) is 0. The number of aromatic nitrogens is 2. The lowest BCUT2D eigenvalue weighted by Gasteiger charge is -2.17. The summed E-state index contributed by atoms with van der Waals surface area (Å²) in [5.41, 5.74) is 5.54. The first-order valence-electron chi connectivity index (χ1n) is 6.37. The maximum Gasteiger partial charge on any atom is 0.246 e. The van der Waals surface area contributed by atoms with Gasteiger partial charge >= 0.3 is 0 Å². The van der Waals surface area contributed by atoms with E-state index in [9.17, 15) is 0 Å². The third-order valence-electron chi connectivity index (χ3n) is 3.24. The van der Waals surface area contributed by atoms with Crippen LogP contribution in [0.3, 0.4) is 0 Å². The van der Waals surface area contributed by atoms with Gasteiger partial charge in [-0.05, 0) is 26.4 Å². The zero-order valence-electron chi connectivity index (χ0n) is 11.4. The molecule has 1 atom stereocenters. The molecule has 0 bridgehead atoms. The van der Waals surface area contributed by atoms with Gasteiger partial charge in [0.2, 0.25) is 5.89 Å².